The van der Waals surface area contributed by atoms with E-state index in [9.17, 15) is 9.59 Å². The molecule has 0 N–H and O–H groups in total. The lowest BCUT2D eigenvalue weighted by molar-refractivity contribution is -0.142. The summed E-state index contributed by atoms with van der Waals surface area (Å²) in [5.41, 5.74) is 0. The van der Waals surface area contributed by atoms with Gasteiger partial charge in [-0.3, -0.25) is 4.79 Å². The van der Waals surface area contributed by atoms with E-state index in [0.717, 1.165) is 22.5 Å². The van der Waals surface area contributed by atoms with Crippen molar-refractivity contribution in [1.29, 1.82) is 0 Å². The van der Waals surface area contributed by atoms with Crippen molar-refractivity contribution in [3.8, 4) is 0 Å². The number of thiophene rings is 1. The maximum absolute atomic E-state index is 11.3. The SMILES string of the molecule is CCCOC(=O)Cc1ccc(C(C)C=O)s1. The molecule has 1 atom stereocenters. The number of rotatable bonds is 6. The van der Waals surface area contributed by atoms with Crippen molar-refractivity contribution in [3.05, 3.63) is 21.9 Å². The summed E-state index contributed by atoms with van der Waals surface area (Å²) in [4.78, 5) is 23.9. The topological polar surface area (TPSA) is 43.4 Å². The molecule has 0 aliphatic carbocycles. The standard InChI is InChI=1S/C12H16O3S/c1-3-6-15-12(14)7-10-4-5-11(16-10)9(2)8-13/h4-5,8-9H,3,6-7H2,1-2H3. The van der Waals surface area contributed by atoms with Crippen molar-refractivity contribution in [2.24, 2.45) is 0 Å². The molecule has 0 aromatic carbocycles. The van der Waals surface area contributed by atoms with Crippen LogP contribution in [0, 0.1) is 0 Å². The predicted octanol–water partition coefficient (Wildman–Crippen LogP) is 2.55. The summed E-state index contributed by atoms with van der Waals surface area (Å²) in [5, 5.41) is 0. The fourth-order valence-electron chi connectivity index (χ4n) is 1.21. The zero-order valence-electron chi connectivity index (χ0n) is 9.56. The van der Waals surface area contributed by atoms with Crippen LogP contribution in [-0.4, -0.2) is 18.9 Å². The van der Waals surface area contributed by atoms with Crippen molar-refractivity contribution < 1.29 is 14.3 Å². The second-order valence-electron chi connectivity index (χ2n) is 3.63. The fraction of sp³-hybridized carbons (Fsp3) is 0.500. The maximum atomic E-state index is 11.3. The van der Waals surface area contributed by atoms with Gasteiger partial charge in [-0.1, -0.05) is 13.8 Å². The Kier molecular flexibility index (Phi) is 5.19. The van der Waals surface area contributed by atoms with E-state index in [1.165, 1.54) is 11.3 Å². The van der Waals surface area contributed by atoms with E-state index in [0.29, 0.717) is 13.0 Å². The number of ether oxygens (including phenoxy) is 1. The Balaban J connectivity index is 2.51. The van der Waals surface area contributed by atoms with E-state index in [-0.39, 0.29) is 11.9 Å². The molecule has 0 fully saturated rings. The van der Waals surface area contributed by atoms with Gasteiger partial charge in [-0.15, -0.1) is 11.3 Å². The first kappa shape index (κ1) is 12.9. The Labute approximate surface area is 99.4 Å². The van der Waals surface area contributed by atoms with Crippen molar-refractivity contribution in [2.75, 3.05) is 6.61 Å². The summed E-state index contributed by atoms with van der Waals surface area (Å²) in [6.07, 6.45) is 2.05. The highest BCUT2D eigenvalue weighted by molar-refractivity contribution is 7.12. The summed E-state index contributed by atoms with van der Waals surface area (Å²) in [7, 11) is 0. The van der Waals surface area contributed by atoms with E-state index >= 15 is 0 Å². The Morgan fingerprint density at radius 2 is 2.31 bits per heavy atom. The molecule has 0 bridgehead atoms. The van der Waals surface area contributed by atoms with Crippen LogP contribution in [0.2, 0.25) is 0 Å². The monoisotopic (exact) mass is 240 g/mol. The predicted molar refractivity (Wildman–Crippen MR) is 63.8 cm³/mol. The van der Waals surface area contributed by atoms with Gasteiger partial charge in [0.25, 0.3) is 0 Å². The molecule has 0 aliphatic heterocycles. The Bertz CT molecular complexity index is 357. The maximum Gasteiger partial charge on any atom is 0.311 e. The van der Waals surface area contributed by atoms with Crippen LogP contribution < -0.4 is 0 Å². The third-order valence-electron chi connectivity index (χ3n) is 2.12. The number of hydrogen-bond acceptors (Lipinski definition) is 4. The molecule has 1 aromatic rings. The highest BCUT2D eigenvalue weighted by Gasteiger charge is 2.10. The average molecular weight is 240 g/mol. The normalized spacial score (nSPS) is 12.1. The van der Waals surface area contributed by atoms with Crippen molar-refractivity contribution in [2.45, 2.75) is 32.6 Å². The van der Waals surface area contributed by atoms with Gasteiger partial charge in [0.05, 0.1) is 13.0 Å². The van der Waals surface area contributed by atoms with E-state index in [1.54, 1.807) is 0 Å². The number of esters is 1. The van der Waals surface area contributed by atoms with E-state index in [4.69, 9.17) is 4.74 Å². The van der Waals surface area contributed by atoms with Crippen LogP contribution in [0.4, 0.5) is 0 Å². The molecule has 1 aromatic heterocycles. The minimum atomic E-state index is -0.200. The van der Waals surface area contributed by atoms with Gasteiger partial charge < -0.3 is 9.53 Å². The molecule has 4 heteroatoms. The first-order valence-corrected chi connectivity index (χ1v) is 6.18. The van der Waals surface area contributed by atoms with Crippen molar-refractivity contribution >= 4 is 23.6 Å². The van der Waals surface area contributed by atoms with Crippen molar-refractivity contribution in [1.82, 2.24) is 0 Å². The lowest BCUT2D eigenvalue weighted by Crippen LogP contribution is -2.07. The minimum Gasteiger partial charge on any atom is -0.465 e. The van der Waals surface area contributed by atoms with Gasteiger partial charge in [-0.2, -0.15) is 0 Å². The minimum absolute atomic E-state index is 0.0922. The molecule has 0 aliphatic rings. The first-order chi connectivity index (χ1) is 7.67. The molecule has 0 saturated carbocycles. The van der Waals surface area contributed by atoms with Crippen LogP contribution in [-0.2, 0) is 20.7 Å². The molecular formula is C12H16O3S. The number of aldehydes is 1. The molecular weight excluding hydrogens is 224 g/mol. The molecule has 1 rings (SSSR count). The van der Waals surface area contributed by atoms with Crippen LogP contribution in [0.5, 0.6) is 0 Å². The summed E-state index contributed by atoms with van der Waals surface area (Å²) < 4.78 is 4.99. The van der Waals surface area contributed by atoms with E-state index in [2.05, 4.69) is 0 Å². The third-order valence-corrected chi connectivity index (χ3v) is 3.41. The lowest BCUT2D eigenvalue weighted by Gasteiger charge is -2.01. The zero-order chi connectivity index (χ0) is 12.0. The lowest BCUT2D eigenvalue weighted by atomic mass is 10.2. The first-order valence-electron chi connectivity index (χ1n) is 5.37. The van der Waals surface area contributed by atoms with Crippen LogP contribution >= 0.6 is 11.3 Å². The molecule has 0 radical (unpaired) electrons. The van der Waals surface area contributed by atoms with Gasteiger partial charge in [0.15, 0.2) is 0 Å². The van der Waals surface area contributed by atoms with Crippen LogP contribution in [0.15, 0.2) is 12.1 Å². The highest BCUT2D eigenvalue weighted by atomic mass is 32.1. The number of carbonyl (C=O) groups is 2. The molecule has 0 spiro atoms. The van der Waals surface area contributed by atoms with E-state index in [1.807, 2.05) is 26.0 Å². The third kappa shape index (κ3) is 3.77. The molecule has 1 heterocycles. The summed E-state index contributed by atoms with van der Waals surface area (Å²) >= 11 is 1.50. The van der Waals surface area contributed by atoms with Crippen LogP contribution in [0.3, 0.4) is 0 Å². The molecule has 0 saturated heterocycles. The summed E-state index contributed by atoms with van der Waals surface area (Å²) in [6.45, 7) is 4.28. The fourth-order valence-corrected chi connectivity index (χ4v) is 2.22. The van der Waals surface area contributed by atoms with Gasteiger partial charge in [-0.05, 0) is 18.6 Å². The quantitative estimate of drug-likeness (QED) is 0.567. The molecule has 3 nitrogen and oxygen atoms in total. The second-order valence-corrected chi connectivity index (χ2v) is 4.83. The average Bonchev–Trinajstić information content (AvgIpc) is 2.73. The van der Waals surface area contributed by atoms with Crippen LogP contribution in [0.25, 0.3) is 0 Å². The molecule has 16 heavy (non-hydrogen) atoms. The summed E-state index contributed by atoms with van der Waals surface area (Å²) in [6, 6.07) is 3.78. The highest BCUT2D eigenvalue weighted by Crippen LogP contribution is 2.23. The van der Waals surface area contributed by atoms with Gasteiger partial charge in [0.1, 0.15) is 6.29 Å². The Morgan fingerprint density at radius 1 is 1.56 bits per heavy atom. The summed E-state index contributed by atoms with van der Waals surface area (Å²) in [5.74, 6) is -0.292. The van der Waals surface area contributed by atoms with Gasteiger partial charge in [0.2, 0.25) is 0 Å². The van der Waals surface area contributed by atoms with Gasteiger partial charge in [0, 0.05) is 15.7 Å². The molecule has 88 valence electrons. The molecule has 1 unspecified atom stereocenters. The van der Waals surface area contributed by atoms with Gasteiger partial charge in [-0.25, -0.2) is 0 Å². The number of hydrogen-bond donors (Lipinski definition) is 0. The van der Waals surface area contributed by atoms with Crippen LogP contribution in [0.1, 0.15) is 35.9 Å². The van der Waals surface area contributed by atoms with Gasteiger partial charge >= 0.3 is 5.97 Å². The Morgan fingerprint density at radius 3 is 2.94 bits per heavy atom. The zero-order valence-corrected chi connectivity index (χ0v) is 10.4. The largest absolute Gasteiger partial charge is 0.465 e. The number of carbonyl (C=O) groups excluding carboxylic acids is 2. The smallest absolute Gasteiger partial charge is 0.311 e. The van der Waals surface area contributed by atoms with E-state index < -0.39 is 0 Å². The Hall–Kier alpha value is -1.16. The molecule has 0 amide bonds. The second kappa shape index (κ2) is 6.43. The van der Waals surface area contributed by atoms with Crippen molar-refractivity contribution in [3.63, 3.8) is 0 Å².